The van der Waals surface area contributed by atoms with E-state index in [2.05, 4.69) is 10.2 Å². The molecule has 0 bridgehead atoms. The third-order valence-electron chi connectivity index (χ3n) is 5.14. The van der Waals surface area contributed by atoms with Gasteiger partial charge >= 0.3 is 6.09 Å². The SMILES string of the molecule is CC(C)N(CC1CCCN(CC(=O)Nc2ccc(S(N)(=O)=O)cc2)C1)C(=O)OC(C)(C)C. The molecule has 180 valence electrons. The van der Waals surface area contributed by atoms with Crippen molar-refractivity contribution in [3.05, 3.63) is 24.3 Å². The van der Waals surface area contributed by atoms with Crippen molar-refractivity contribution in [3.8, 4) is 0 Å². The molecule has 3 N–H and O–H groups in total. The number of benzene rings is 1. The molecule has 10 heteroatoms. The summed E-state index contributed by atoms with van der Waals surface area (Å²) in [5.41, 5.74) is -0.0418. The van der Waals surface area contributed by atoms with Gasteiger partial charge in [-0.05, 0) is 84.2 Å². The lowest BCUT2D eigenvalue weighted by Gasteiger charge is -2.37. The Kier molecular flexibility index (Phi) is 8.67. The fraction of sp³-hybridized carbons (Fsp3) is 0.636. The van der Waals surface area contributed by atoms with Crippen molar-refractivity contribution < 1.29 is 22.7 Å². The summed E-state index contributed by atoms with van der Waals surface area (Å²) in [5, 5.41) is 7.88. The van der Waals surface area contributed by atoms with Gasteiger partial charge in [-0.1, -0.05) is 0 Å². The van der Waals surface area contributed by atoms with Crippen molar-refractivity contribution in [2.24, 2.45) is 11.1 Å². The number of hydrogen-bond donors (Lipinski definition) is 2. The predicted octanol–water partition coefficient (Wildman–Crippen LogP) is 2.63. The number of amides is 2. The molecular formula is C22H36N4O5S. The lowest BCUT2D eigenvalue weighted by atomic mass is 9.97. The lowest BCUT2D eigenvalue weighted by Crippen LogP contribution is -2.48. The number of anilines is 1. The number of nitrogens with two attached hydrogens (primary N) is 1. The standard InChI is InChI=1S/C22H36N4O5S/c1-16(2)26(21(28)31-22(3,4)5)14-17-7-6-12-25(13-17)15-20(27)24-18-8-10-19(11-9-18)32(23,29)30/h8-11,16-17H,6-7,12-15H2,1-5H3,(H,24,27)(H2,23,29,30). The fourth-order valence-electron chi connectivity index (χ4n) is 3.67. The van der Waals surface area contributed by atoms with Crippen molar-refractivity contribution in [1.29, 1.82) is 0 Å². The summed E-state index contributed by atoms with van der Waals surface area (Å²) in [4.78, 5) is 28.9. The van der Waals surface area contributed by atoms with Crippen LogP contribution in [0.3, 0.4) is 0 Å². The molecule has 1 fully saturated rings. The highest BCUT2D eigenvalue weighted by Gasteiger charge is 2.29. The number of piperidine rings is 1. The molecule has 0 saturated carbocycles. The van der Waals surface area contributed by atoms with Crippen molar-refractivity contribution >= 4 is 27.7 Å². The number of ether oxygens (including phenoxy) is 1. The molecule has 0 aromatic heterocycles. The third kappa shape index (κ3) is 8.40. The van der Waals surface area contributed by atoms with E-state index in [0.29, 0.717) is 18.8 Å². The second-order valence-electron chi connectivity index (χ2n) is 9.59. The van der Waals surface area contributed by atoms with Crippen LogP contribution in [0.1, 0.15) is 47.5 Å². The van der Waals surface area contributed by atoms with Gasteiger partial charge in [-0.25, -0.2) is 18.4 Å². The van der Waals surface area contributed by atoms with Crippen LogP contribution in [0.4, 0.5) is 10.5 Å². The Labute approximate surface area is 191 Å². The molecule has 1 aromatic carbocycles. The molecule has 1 heterocycles. The average Bonchev–Trinajstić information content (AvgIpc) is 2.64. The van der Waals surface area contributed by atoms with Crippen LogP contribution in [0.25, 0.3) is 0 Å². The number of nitrogens with zero attached hydrogens (tertiary/aromatic N) is 2. The Balaban J connectivity index is 1.91. The van der Waals surface area contributed by atoms with Crippen LogP contribution in [0, 0.1) is 5.92 Å². The number of primary sulfonamides is 1. The largest absolute Gasteiger partial charge is 0.444 e. The van der Waals surface area contributed by atoms with Crippen molar-refractivity contribution in [2.45, 2.75) is 64.0 Å². The topological polar surface area (TPSA) is 122 Å². The smallest absolute Gasteiger partial charge is 0.410 e. The van der Waals surface area contributed by atoms with Gasteiger partial charge in [-0.3, -0.25) is 9.69 Å². The molecule has 0 aliphatic carbocycles. The minimum atomic E-state index is -3.77. The maximum Gasteiger partial charge on any atom is 0.410 e. The number of sulfonamides is 1. The summed E-state index contributed by atoms with van der Waals surface area (Å²) >= 11 is 0. The van der Waals surface area contributed by atoms with E-state index in [0.717, 1.165) is 19.4 Å². The van der Waals surface area contributed by atoms with E-state index in [1.54, 1.807) is 4.90 Å². The summed E-state index contributed by atoms with van der Waals surface area (Å²) in [6.45, 7) is 11.8. The van der Waals surface area contributed by atoms with Crippen molar-refractivity contribution in [2.75, 3.05) is 31.5 Å². The molecule has 32 heavy (non-hydrogen) atoms. The van der Waals surface area contributed by atoms with Gasteiger partial charge in [-0.2, -0.15) is 0 Å². The average molecular weight is 469 g/mol. The monoisotopic (exact) mass is 468 g/mol. The molecule has 1 aliphatic heterocycles. The van der Waals surface area contributed by atoms with Crippen LogP contribution in [0.2, 0.25) is 0 Å². The van der Waals surface area contributed by atoms with E-state index in [-0.39, 0.29) is 35.4 Å². The summed E-state index contributed by atoms with van der Waals surface area (Å²) < 4.78 is 28.2. The third-order valence-corrected chi connectivity index (χ3v) is 6.07. The molecule has 0 radical (unpaired) electrons. The van der Waals surface area contributed by atoms with E-state index in [1.165, 1.54) is 24.3 Å². The highest BCUT2D eigenvalue weighted by atomic mass is 32.2. The minimum Gasteiger partial charge on any atom is -0.444 e. The molecule has 1 saturated heterocycles. The number of nitrogens with one attached hydrogen (secondary N) is 1. The van der Waals surface area contributed by atoms with Crippen LogP contribution in [0.15, 0.2) is 29.2 Å². The maximum absolute atomic E-state index is 12.6. The van der Waals surface area contributed by atoms with Crippen molar-refractivity contribution in [3.63, 3.8) is 0 Å². The van der Waals surface area contributed by atoms with Crippen LogP contribution in [0.5, 0.6) is 0 Å². The fourth-order valence-corrected chi connectivity index (χ4v) is 4.19. The first-order valence-corrected chi connectivity index (χ1v) is 12.4. The minimum absolute atomic E-state index is 0.00550. The van der Waals surface area contributed by atoms with Crippen LogP contribution >= 0.6 is 0 Å². The number of carbonyl (C=O) groups excluding carboxylic acids is 2. The van der Waals surface area contributed by atoms with Gasteiger partial charge in [-0.15, -0.1) is 0 Å². The van der Waals surface area contributed by atoms with Crippen LogP contribution in [-0.2, 0) is 19.6 Å². The number of hydrogen-bond acceptors (Lipinski definition) is 6. The molecule has 2 rings (SSSR count). The molecule has 9 nitrogen and oxygen atoms in total. The van der Waals surface area contributed by atoms with Gasteiger partial charge in [0.25, 0.3) is 0 Å². The first-order chi connectivity index (χ1) is 14.7. The van der Waals surface area contributed by atoms with Gasteiger partial charge in [0.1, 0.15) is 5.60 Å². The van der Waals surface area contributed by atoms with E-state index in [1.807, 2.05) is 34.6 Å². The van der Waals surface area contributed by atoms with Gasteiger partial charge in [0.2, 0.25) is 15.9 Å². The summed E-state index contributed by atoms with van der Waals surface area (Å²) in [7, 11) is -3.77. The van der Waals surface area contributed by atoms with Crippen LogP contribution < -0.4 is 10.5 Å². The zero-order chi connectivity index (χ0) is 24.1. The summed E-state index contributed by atoms with van der Waals surface area (Å²) in [6.07, 6.45) is 1.62. The second-order valence-corrected chi connectivity index (χ2v) is 11.1. The Hall–Kier alpha value is -2.17. The predicted molar refractivity (Wildman–Crippen MR) is 124 cm³/mol. The molecule has 1 aromatic rings. The zero-order valence-electron chi connectivity index (χ0n) is 19.6. The highest BCUT2D eigenvalue weighted by Crippen LogP contribution is 2.21. The highest BCUT2D eigenvalue weighted by molar-refractivity contribution is 7.89. The van der Waals surface area contributed by atoms with E-state index >= 15 is 0 Å². The van der Waals surface area contributed by atoms with Gasteiger partial charge in [0.15, 0.2) is 0 Å². The lowest BCUT2D eigenvalue weighted by molar-refractivity contribution is -0.117. The normalized spacial score (nSPS) is 17.8. The van der Waals surface area contributed by atoms with E-state index in [4.69, 9.17) is 9.88 Å². The molecular weight excluding hydrogens is 432 g/mol. The summed E-state index contributed by atoms with van der Waals surface area (Å²) in [5.74, 6) is 0.0716. The molecule has 2 amide bonds. The van der Waals surface area contributed by atoms with Gasteiger partial charge in [0.05, 0.1) is 11.4 Å². The molecule has 1 aliphatic rings. The Morgan fingerprint density at radius 1 is 1.25 bits per heavy atom. The molecule has 1 atom stereocenters. The number of carbonyl (C=O) groups is 2. The van der Waals surface area contributed by atoms with E-state index in [9.17, 15) is 18.0 Å². The second kappa shape index (κ2) is 10.6. The maximum atomic E-state index is 12.6. The van der Waals surface area contributed by atoms with Crippen molar-refractivity contribution in [1.82, 2.24) is 9.80 Å². The Bertz CT molecular complexity index is 894. The first kappa shape index (κ1) is 26.1. The Morgan fingerprint density at radius 2 is 1.88 bits per heavy atom. The molecule has 0 spiro atoms. The quantitative estimate of drug-likeness (QED) is 0.634. The van der Waals surface area contributed by atoms with Gasteiger partial charge in [0, 0.05) is 24.8 Å². The van der Waals surface area contributed by atoms with Gasteiger partial charge < -0.3 is 15.0 Å². The summed E-state index contributed by atoms with van der Waals surface area (Å²) in [6, 6.07) is 5.76. The number of likely N-dealkylation sites (tertiary alicyclic amines) is 1. The zero-order valence-corrected chi connectivity index (χ0v) is 20.4. The number of rotatable bonds is 7. The first-order valence-electron chi connectivity index (χ1n) is 10.9. The Morgan fingerprint density at radius 3 is 2.41 bits per heavy atom. The van der Waals surface area contributed by atoms with E-state index < -0.39 is 15.6 Å². The molecule has 1 unspecified atom stereocenters. The van der Waals surface area contributed by atoms with Crippen LogP contribution in [-0.4, -0.2) is 68.0 Å².